The third kappa shape index (κ3) is 3.01. The number of aromatic carboxylic acids is 1. The maximum atomic E-state index is 11.6. The molecule has 2 nitrogen and oxygen atoms in total. The Hall–Kier alpha value is -3.39. The summed E-state index contributed by atoms with van der Waals surface area (Å²) in [5.74, 6) is -0.783. The fourth-order valence-corrected chi connectivity index (χ4v) is 4.70. The van der Waals surface area contributed by atoms with Gasteiger partial charge in [-0.25, -0.2) is 4.79 Å². The van der Waals surface area contributed by atoms with Crippen LogP contribution in [0.3, 0.4) is 0 Å². The number of carboxylic acids is 1. The summed E-state index contributed by atoms with van der Waals surface area (Å²) in [6.07, 6.45) is 4.36. The first-order valence-electron chi connectivity index (χ1n) is 10.0. The van der Waals surface area contributed by atoms with Gasteiger partial charge in [-0.1, -0.05) is 71.8 Å². The van der Waals surface area contributed by atoms with Gasteiger partial charge in [-0.3, -0.25) is 0 Å². The van der Waals surface area contributed by atoms with Crippen molar-refractivity contribution in [3.05, 3.63) is 118 Å². The number of carbonyl (C=O) groups is 1. The summed E-state index contributed by atoms with van der Waals surface area (Å²) in [5.41, 5.74) is 10.5. The van der Waals surface area contributed by atoms with E-state index >= 15 is 0 Å². The number of fused-ring (bicyclic) bond motifs is 2. The quantitative estimate of drug-likeness (QED) is 0.583. The van der Waals surface area contributed by atoms with Crippen molar-refractivity contribution in [2.45, 2.75) is 25.7 Å². The van der Waals surface area contributed by atoms with E-state index in [1.54, 1.807) is 6.07 Å². The highest BCUT2D eigenvalue weighted by Crippen LogP contribution is 2.51. The molecule has 3 aromatic rings. The second-order valence-corrected chi connectivity index (χ2v) is 7.93. The molecule has 0 spiro atoms. The highest BCUT2D eigenvalue weighted by molar-refractivity contribution is 5.97. The Bertz CT molecular complexity index is 1180. The Morgan fingerprint density at radius 3 is 2.52 bits per heavy atom. The number of carboxylic acid groups (broad SMARTS) is 1. The molecule has 2 heteroatoms. The molecule has 3 aromatic carbocycles. The van der Waals surface area contributed by atoms with E-state index in [4.69, 9.17) is 0 Å². The van der Waals surface area contributed by atoms with E-state index in [-0.39, 0.29) is 5.92 Å². The van der Waals surface area contributed by atoms with Crippen LogP contribution in [0, 0.1) is 6.92 Å². The standard InChI is InChI=1S/C27H22O2/c1-17-9-11-19(12-10-17)24-16-25-22-8-3-2-5-18(22)13-14-23(25)26(24)20-6-4-7-21(15-20)27(28)29/h2-12,15-16,26H,13-14H2,1H3,(H,28,29). The molecule has 0 aliphatic heterocycles. The van der Waals surface area contributed by atoms with Crippen LogP contribution in [-0.4, -0.2) is 11.1 Å². The monoisotopic (exact) mass is 378 g/mol. The van der Waals surface area contributed by atoms with Gasteiger partial charge >= 0.3 is 5.97 Å². The molecule has 0 saturated heterocycles. The first-order chi connectivity index (χ1) is 14.1. The lowest BCUT2D eigenvalue weighted by molar-refractivity contribution is 0.0696. The minimum atomic E-state index is -0.881. The topological polar surface area (TPSA) is 37.3 Å². The van der Waals surface area contributed by atoms with Gasteiger partial charge in [0.05, 0.1) is 5.56 Å². The van der Waals surface area contributed by atoms with Gasteiger partial charge in [0.1, 0.15) is 0 Å². The van der Waals surface area contributed by atoms with E-state index < -0.39 is 5.97 Å². The zero-order chi connectivity index (χ0) is 20.0. The lowest BCUT2D eigenvalue weighted by Gasteiger charge is -2.25. The molecule has 29 heavy (non-hydrogen) atoms. The van der Waals surface area contributed by atoms with Crippen molar-refractivity contribution in [3.8, 4) is 0 Å². The Morgan fingerprint density at radius 2 is 1.72 bits per heavy atom. The predicted octanol–water partition coefficient (Wildman–Crippen LogP) is 6.27. The summed E-state index contributed by atoms with van der Waals surface area (Å²) in [6.45, 7) is 2.10. The van der Waals surface area contributed by atoms with E-state index in [1.807, 2.05) is 12.1 Å². The van der Waals surface area contributed by atoms with Gasteiger partial charge in [0.25, 0.3) is 0 Å². The van der Waals surface area contributed by atoms with Crippen LogP contribution in [0.15, 0.2) is 84.4 Å². The van der Waals surface area contributed by atoms with E-state index in [1.165, 1.54) is 39.0 Å². The van der Waals surface area contributed by atoms with Crippen molar-refractivity contribution in [2.75, 3.05) is 0 Å². The Balaban J connectivity index is 1.70. The van der Waals surface area contributed by atoms with Gasteiger partial charge < -0.3 is 5.11 Å². The van der Waals surface area contributed by atoms with Crippen LogP contribution in [0.2, 0.25) is 0 Å². The highest BCUT2D eigenvalue weighted by atomic mass is 16.4. The van der Waals surface area contributed by atoms with Crippen LogP contribution >= 0.6 is 0 Å². The van der Waals surface area contributed by atoms with Gasteiger partial charge in [-0.15, -0.1) is 0 Å². The summed E-state index contributed by atoms with van der Waals surface area (Å²) >= 11 is 0. The molecule has 0 aromatic heterocycles. The maximum Gasteiger partial charge on any atom is 0.335 e. The Morgan fingerprint density at radius 1 is 0.931 bits per heavy atom. The van der Waals surface area contributed by atoms with E-state index in [0.717, 1.165) is 18.4 Å². The van der Waals surface area contributed by atoms with E-state index in [2.05, 4.69) is 67.6 Å². The normalized spacial score (nSPS) is 17.6. The molecule has 0 fully saturated rings. The fourth-order valence-electron chi connectivity index (χ4n) is 4.70. The van der Waals surface area contributed by atoms with Crippen molar-refractivity contribution in [1.82, 2.24) is 0 Å². The average Bonchev–Trinajstić information content (AvgIpc) is 3.14. The van der Waals surface area contributed by atoms with Gasteiger partial charge in [0.2, 0.25) is 0 Å². The van der Waals surface area contributed by atoms with Gasteiger partial charge in [0.15, 0.2) is 0 Å². The molecule has 0 bridgehead atoms. The van der Waals surface area contributed by atoms with Crippen LogP contribution in [0.1, 0.15) is 50.5 Å². The van der Waals surface area contributed by atoms with Crippen molar-refractivity contribution in [2.24, 2.45) is 0 Å². The zero-order valence-corrected chi connectivity index (χ0v) is 16.4. The van der Waals surface area contributed by atoms with Crippen LogP contribution in [0.5, 0.6) is 0 Å². The van der Waals surface area contributed by atoms with Crippen molar-refractivity contribution >= 4 is 17.1 Å². The zero-order valence-electron chi connectivity index (χ0n) is 16.4. The molecular formula is C27H22O2. The number of aryl methyl sites for hydroxylation is 2. The SMILES string of the molecule is Cc1ccc(C2=CC3=C(CCc4ccccc43)C2c2cccc(C(=O)O)c2)cc1. The first-order valence-corrected chi connectivity index (χ1v) is 10.0. The maximum absolute atomic E-state index is 11.6. The molecule has 0 amide bonds. The minimum absolute atomic E-state index is 0.0976. The Kier molecular flexibility index (Phi) is 4.21. The summed E-state index contributed by atoms with van der Waals surface area (Å²) in [5, 5.41) is 9.50. The van der Waals surface area contributed by atoms with Crippen molar-refractivity contribution in [1.29, 1.82) is 0 Å². The predicted molar refractivity (Wildman–Crippen MR) is 117 cm³/mol. The fraction of sp³-hybridized carbons (Fsp3) is 0.148. The molecule has 142 valence electrons. The summed E-state index contributed by atoms with van der Waals surface area (Å²) < 4.78 is 0. The molecular weight excluding hydrogens is 356 g/mol. The second kappa shape index (κ2) is 6.89. The van der Waals surface area contributed by atoms with E-state index in [9.17, 15) is 9.90 Å². The largest absolute Gasteiger partial charge is 0.478 e. The molecule has 0 heterocycles. The smallest absolute Gasteiger partial charge is 0.335 e. The van der Waals surface area contributed by atoms with Crippen LogP contribution in [-0.2, 0) is 6.42 Å². The number of hydrogen-bond donors (Lipinski definition) is 1. The number of rotatable bonds is 3. The molecule has 0 saturated carbocycles. The average molecular weight is 378 g/mol. The third-order valence-corrected chi connectivity index (χ3v) is 6.13. The summed E-state index contributed by atoms with van der Waals surface area (Å²) in [6, 6.07) is 24.7. The number of benzene rings is 3. The molecule has 2 aliphatic carbocycles. The highest BCUT2D eigenvalue weighted by Gasteiger charge is 2.33. The summed E-state index contributed by atoms with van der Waals surface area (Å²) in [7, 11) is 0. The minimum Gasteiger partial charge on any atom is -0.478 e. The molecule has 0 radical (unpaired) electrons. The second-order valence-electron chi connectivity index (χ2n) is 7.93. The molecule has 1 unspecified atom stereocenters. The lowest BCUT2D eigenvalue weighted by atomic mass is 9.79. The molecule has 5 rings (SSSR count). The van der Waals surface area contributed by atoms with Crippen LogP contribution in [0.25, 0.3) is 11.1 Å². The molecule has 1 atom stereocenters. The van der Waals surface area contributed by atoms with Gasteiger partial charge in [-0.2, -0.15) is 0 Å². The molecule has 1 N–H and O–H groups in total. The van der Waals surface area contributed by atoms with Crippen LogP contribution in [0.4, 0.5) is 0 Å². The van der Waals surface area contributed by atoms with Gasteiger partial charge in [-0.05, 0) is 71.4 Å². The molecule has 2 aliphatic rings. The lowest BCUT2D eigenvalue weighted by Crippen LogP contribution is -2.09. The number of hydrogen-bond acceptors (Lipinski definition) is 1. The van der Waals surface area contributed by atoms with E-state index in [0.29, 0.717) is 5.56 Å². The Labute approximate surface area is 170 Å². The van der Waals surface area contributed by atoms with Crippen LogP contribution < -0.4 is 0 Å². The third-order valence-electron chi connectivity index (χ3n) is 6.13. The first kappa shape index (κ1) is 17.7. The van der Waals surface area contributed by atoms with Crippen molar-refractivity contribution in [3.63, 3.8) is 0 Å². The van der Waals surface area contributed by atoms with Crippen molar-refractivity contribution < 1.29 is 9.90 Å². The number of allylic oxidation sites excluding steroid dienone is 4. The summed E-state index contributed by atoms with van der Waals surface area (Å²) in [4.78, 5) is 11.6. The van der Waals surface area contributed by atoms with Gasteiger partial charge in [0, 0.05) is 5.92 Å².